The van der Waals surface area contributed by atoms with Gasteiger partial charge in [0.15, 0.2) is 0 Å². The van der Waals surface area contributed by atoms with Crippen molar-refractivity contribution in [1.29, 1.82) is 0 Å². The highest BCUT2D eigenvalue weighted by atomic mass is 32.2. The third-order valence-electron chi connectivity index (χ3n) is 5.89. The number of anilines is 1. The molecule has 10 nitrogen and oxygen atoms in total. The number of carbonyl (C=O) groups is 2. The van der Waals surface area contributed by atoms with E-state index in [0.717, 1.165) is 16.1 Å². The zero-order valence-electron chi connectivity index (χ0n) is 23.2. The van der Waals surface area contributed by atoms with Crippen LogP contribution in [0.15, 0.2) is 42.5 Å². The smallest absolute Gasteiger partial charge is 0.244 e. The van der Waals surface area contributed by atoms with Gasteiger partial charge in [-0.3, -0.25) is 13.9 Å². The lowest BCUT2D eigenvalue weighted by molar-refractivity contribution is -0.140. The van der Waals surface area contributed by atoms with Gasteiger partial charge in [-0.25, -0.2) is 8.42 Å². The highest BCUT2D eigenvalue weighted by molar-refractivity contribution is 7.92. The van der Waals surface area contributed by atoms with Gasteiger partial charge in [0.25, 0.3) is 0 Å². The molecule has 0 radical (unpaired) electrons. The van der Waals surface area contributed by atoms with Crippen molar-refractivity contribution < 1.29 is 32.2 Å². The van der Waals surface area contributed by atoms with Crippen LogP contribution < -0.4 is 23.8 Å². The molecule has 0 aromatic heterocycles. The molecular weight excluding hydrogens is 510 g/mol. The van der Waals surface area contributed by atoms with E-state index in [-0.39, 0.29) is 29.8 Å². The number of hydrogen-bond donors (Lipinski definition) is 1. The van der Waals surface area contributed by atoms with Crippen LogP contribution in [0.1, 0.15) is 32.8 Å². The Hall–Kier alpha value is -3.47. The second kappa shape index (κ2) is 13.9. The topological polar surface area (TPSA) is 114 Å². The molecule has 0 unspecified atom stereocenters. The number of amides is 2. The SMILES string of the molecule is CC[C@H](C(=O)NCC(C)C)N(Cc1cccc(OC)c1)C(=O)CN(c1cc(OC)ccc1OC)S(C)(=O)=O. The van der Waals surface area contributed by atoms with Crippen LogP contribution in [-0.2, 0) is 26.2 Å². The Balaban J connectivity index is 2.53. The minimum absolute atomic E-state index is 0.0798. The lowest BCUT2D eigenvalue weighted by Crippen LogP contribution is -2.52. The van der Waals surface area contributed by atoms with Crippen molar-refractivity contribution in [3.63, 3.8) is 0 Å². The van der Waals surface area contributed by atoms with Crippen molar-refractivity contribution in [3.8, 4) is 17.2 Å². The molecule has 0 heterocycles. The van der Waals surface area contributed by atoms with Crippen LogP contribution >= 0.6 is 0 Å². The molecule has 2 aromatic rings. The van der Waals surface area contributed by atoms with Gasteiger partial charge in [0.05, 0.1) is 33.3 Å². The Kier molecular flexibility index (Phi) is 11.2. The van der Waals surface area contributed by atoms with E-state index in [1.165, 1.54) is 25.2 Å². The van der Waals surface area contributed by atoms with E-state index in [0.29, 0.717) is 24.5 Å². The molecule has 38 heavy (non-hydrogen) atoms. The van der Waals surface area contributed by atoms with Gasteiger partial charge in [-0.15, -0.1) is 0 Å². The van der Waals surface area contributed by atoms with Crippen LogP contribution in [0.3, 0.4) is 0 Å². The highest BCUT2D eigenvalue weighted by Crippen LogP contribution is 2.34. The first-order valence-corrected chi connectivity index (χ1v) is 14.2. The van der Waals surface area contributed by atoms with E-state index in [2.05, 4.69) is 5.32 Å². The maximum Gasteiger partial charge on any atom is 0.244 e. The Bertz CT molecular complexity index is 1200. The molecule has 11 heteroatoms. The first-order valence-electron chi connectivity index (χ1n) is 12.3. The number of ether oxygens (including phenoxy) is 3. The standard InChI is InChI=1S/C27H39N3O7S/c1-8-23(27(32)28-16-19(2)3)29(17-20-10-9-11-21(14-20)35-4)26(31)18-30(38(7,33)34)24-15-22(36-5)12-13-25(24)37-6/h9-15,19,23H,8,16-18H2,1-7H3,(H,28,32)/t23-/m1/s1. The second-order valence-corrected chi connectivity index (χ2v) is 11.2. The number of carbonyl (C=O) groups excluding carboxylic acids is 2. The van der Waals surface area contributed by atoms with E-state index in [1.54, 1.807) is 37.4 Å². The van der Waals surface area contributed by atoms with Gasteiger partial charge in [0, 0.05) is 19.2 Å². The number of hydrogen-bond acceptors (Lipinski definition) is 7. The number of nitrogens with one attached hydrogen (secondary N) is 1. The third-order valence-corrected chi connectivity index (χ3v) is 7.02. The predicted octanol–water partition coefficient (Wildman–Crippen LogP) is 3.06. The molecule has 2 aromatic carbocycles. The lowest BCUT2D eigenvalue weighted by atomic mass is 10.1. The molecule has 0 saturated carbocycles. The number of methoxy groups -OCH3 is 3. The molecule has 1 atom stereocenters. The van der Waals surface area contributed by atoms with Crippen LogP contribution in [0.25, 0.3) is 0 Å². The number of sulfonamides is 1. The monoisotopic (exact) mass is 549 g/mol. The maximum absolute atomic E-state index is 13.9. The Morgan fingerprint density at radius 1 is 0.974 bits per heavy atom. The minimum atomic E-state index is -3.93. The molecule has 0 aliphatic carbocycles. The van der Waals surface area contributed by atoms with Crippen LogP contribution in [0, 0.1) is 5.92 Å². The molecule has 1 N–H and O–H groups in total. The Labute approximate surface area is 225 Å². The van der Waals surface area contributed by atoms with Gasteiger partial charge < -0.3 is 24.4 Å². The zero-order chi connectivity index (χ0) is 28.5. The van der Waals surface area contributed by atoms with Crippen molar-refractivity contribution >= 4 is 27.5 Å². The van der Waals surface area contributed by atoms with Crippen LogP contribution in [0.5, 0.6) is 17.2 Å². The summed E-state index contributed by atoms with van der Waals surface area (Å²) in [5, 5.41) is 2.90. The molecule has 210 valence electrons. The quantitative estimate of drug-likeness (QED) is 0.385. The van der Waals surface area contributed by atoms with Gasteiger partial charge in [-0.05, 0) is 42.2 Å². The average molecular weight is 550 g/mol. The second-order valence-electron chi connectivity index (χ2n) is 9.24. The van der Waals surface area contributed by atoms with E-state index in [1.807, 2.05) is 26.8 Å². The molecular formula is C27H39N3O7S. The fourth-order valence-electron chi connectivity index (χ4n) is 3.90. The fourth-order valence-corrected chi connectivity index (χ4v) is 4.74. The third kappa shape index (κ3) is 8.27. The summed E-state index contributed by atoms with van der Waals surface area (Å²) in [6.45, 7) is 5.76. The van der Waals surface area contributed by atoms with Gasteiger partial charge >= 0.3 is 0 Å². The average Bonchev–Trinajstić information content (AvgIpc) is 2.89. The van der Waals surface area contributed by atoms with Gasteiger partial charge in [0.2, 0.25) is 21.8 Å². The summed E-state index contributed by atoms with van der Waals surface area (Å²) in [6.07, 6.45) is 1.35. The molecule has 2 rings (SSSR count). The van der Waals surface area contributed by atoms with Crippen LogP contribution in [-0.4, -0.2) is 71.8 Å². The molecule has 0 saturated heterocycles. The van der Waals surface area contributed by atoms with E-state index >= 15 is 0 Å². The van der Waals surface area contributed by atoms with Crippen LogP contribution in [0.4, 0.5) is 5.69 Å². The van der Waals surface area contributed by atoms with Gasteiger partial charge in [-0.1, -0.05) is 32.9 Å². The molecule has 2 amide bonds. The lowest BCUT2D eigenvalue weighted by Gasteiger charge is -2.33. The zero-order valence-corrected chi connectivity index (χ0v) is 24.0. The van der Waals surface area contributed by atoms with E-state index in [4.69, 9.17) is 14.2 Å². The number of rotatable bonds is 14. The summed E-state index contributed by atoms with van der Waals surface area (Å²) in [5.41, 5.74) is 0.888. The van der Waals surface area contributed by atoms with Crippen molar-refractivity contribution in [3.05, 3.63) is 48.0 Å². The first-order chi connectivity index (χ1) is 17.9. The van der Waals surface area contributed by atoms with Crippen molar-refractivity contribution in [2.75, 3.05) is 45.0 Å². The fraction of sp³-hybridized carbons (Fsp3) is 0.481. The molecule has 0 fully saturated rings. The Morgan fingerprint density at radius 2 is 1.63 bits per heavy atom. The predicted molar refractivity (Wildman–Crippen MR) is 147 cm³/mol. The summed E-state index contributed by atoms with van der Waals surface area (Å²) < 4.78 is 42.8. The summed E-state index contributed by atoms with van der Waals surface area (Å²) in [6, 6.07) is 11.0. The summed E-state index contributed by atoms with van der Waals surface area (Å²) >= 11 is 0. The number of nitrogens with zero attached hydrogens (tertiary/aromatic N) is 2. The molecule has 0 aliphatic heterocycles. The Morgan fingerprint density at radius 3 is 2.18 bits per heavy atom. The normalized spacial score (nSPS) is 12.0. The highest BCUT2D eigenvalue weighted by Gasteiger charge is 2.32. The number of benzene rings is 2. The molecule has 0 bridgehead atoms. The van der Waals surface area contributed by atoms with Crippen molar-refractivity contribution in [2.45, 2.75) is 39.8 Å². The molecule has 0 spiro atoms. The maximum atomic E-state index is 13.9. The molecule has 0 aliphatic rings. The van der Waals surface area contributed by atoms with E-state index < -0.39 is 28.5 Å². The van der Waals surface area contributed by atoms with Crippen molar-refractivity contribution in [2.24, 2.45) is 5.92 Å². The van der Waals surface area contributed by atoms with Crippen molar-refractivity contribution in [1.82, 2.24) is 10.2 Å². The first kappa shape index (κ1) is 30.8. The van der Waals surface area contributed by atoms with Gasteiger partial charge in [-0.2, -0.15) is 0 Å². The summed E-state index contributed by atoms with van der Waals surface area (Å²) in [5.74, 6) is 0.628. The van der Waals surface area contributed by atoms with E-state index in [9.17, 15) is 18.0 Å². The van der Waals surface area contributed by atoms with Gasteiger partial charge in [0.1, 0.15) is 29.8 Å². The largest absolute Gasteiger partial charge is 0.497 e. The van der Waals surface area contributed by atoms with Crippen LogP contribution in [0.2, 0.25) is 0 Å². The summed E-state index contributed by atoms with van der Waals surface area (Å²) in [7, 11) is 0.480. The minimum Gasteiger partial charge on any atom is -0.497 e. The summed E-state index contributed by atoms with van der Waals surface area (Å²) in [4.78, 5) is 28.5.